The highest BCUT2D eigenvalue weighted by Gasteiger charge is 2.34. The second-order valence-corrected chi connectivity index (χ2v) is 7.13. The Bertz CT molecular complexity index is 470. The Kier molecular flexibility index (Phi) is 6.63. The summed E-state index contributed by atoms with van der Waals surface area (Å²) in [6.45, 7) is 8.50. The SMILES string of the molecule is CCOC(=O)C1CCCN(C(=O)C2CCN(C(=O)C(C)C)CC2)C1. The van der Waals surface area contributed by atoms with Crippen molar-refractivity contribution in [3.63, 3.8) is 0 Å². The van der Waals surface area contributed by atoms with E-state index in [2.05, 4.69) is 0 Å². The summed E-state index contributed by atoms with van der Waals surface area (Å²) < 4.78 is 5.10. The molecule has 2 saturated heterocycles. The molecule has 0 N–H and O–H groups in total. The van der Waals surface area contributed by atoms with E-state index < -0.39 is 0 Å². The summed E-state index contributed by atoms with van der Waals surface area (Å²) in [5, 5.41) is 0. The van der Waals surface area contributed by atoms with Crippen molar-refractivity contribution in [3.8, 4) is 0 Å². The third kappa shape index (κ3) is 4.48. The first-order chi connectivity index (χ1) is 11.4. The Balaban J connectivity index is 1.86. The lowest BCUT2D eigenvalue weighted by Gasteiger charge is -2.37. The zero-order chi connectivity index (χ0) is 17.7. The Morgan fingerprint density at radius 2 is 1.67 bits per heavy atom. The molecule has 0 aliphatic carbocycles. The molecule has 6 heteroatoms. The maximum Gasteiger partial charge on any atom is 0.310 e. The van der Waals surface area contributed by atoms with Crippen LogP contribution in [0.2, 0.25) is 0 Å². The molecule has 136 valence electrons. The Hall–Kier alpha value is -1.59. The topological polar surface area (TPSA) is 66.9 Å². The molecular formula is C18H30N2O4. The van der Waals surface area contributed by atoms with Gasteiger partial charge >= 0.3 is 5.97 Å². The van der Waals surface area contributed by atoms with Gasteiger partial charge in [0.15, 0.2) is 0 Å². The summed E-state index contributed by atoms with van der Waals surface area (Å²) in [5.74, 6) is -0.0914. The van der Waals surface area contributed by atoms with Gasteiger partial charge in [-0.05, 0) is 32.6 Å². The van der Waals surface area contributed by atoms with Gasteiger partial charge in [0.1, 0.15) is 0 Å². The predicted octanol–water partition coefficient (Wildman–Crippen LogP) is 1.68. The zero-order valence-corrected chi connectivity index (χ0v) is 15.1. The van der Waals surface area contributed by atoms with Gasteiger partial charge in [0, 0.05) is 38.0 Å². The molecular weight excluding hydrogens is 308 g/mol. The van der Waals surface area contributed by atoms with Crippen LogP contribution in [0.5, 0.6) is 0 Å². The molecule has 0 aromatic carbocycles. The molecule has 0 aromatic heterocycles. The third-order valence-electron chi connectivity index (χ3n) is 5.00. The number of hydrogen-bond acceptors (Lipinski definition) is 4. The van der Waals surface area contributed by atoms with E-state index in [9.17, 15) is 14.4 Å². The Labute approximate surface area is 144 Å². The minimum atomic E-state index is -0.190. The van der Waals surface area contributed by atoms with Crippen molar-refractivity contribution in [2.45, 2.75) is 46.5 Å². The van der Waals surface area contributed by atoms with Gasteiger partial charge in [-0.2, -0.15) is 0 Å². The second kappa shape index (κ2) is 8.49. The number of nitrogens with zero attached hydrogens (tertiary/aromatic N) is 2. The van der Waals surface area contributed by atoms with E-state index >= 15 is 0 Å². The summed E-state index contributed by atoms with van der Waals surface area (Å²) in [6.07, 6.45) is 3.08. The van der Waals surface area contributed by atoms with Gasteiger partial charge in [0.05, 0.1) is 12.5 Å². The molecule has 2 rings (SSSR count). The van der Waals surface area contributed by atoms with E-state index in [-0.39, 0.29) is 35.5 Å². The molecule has 1 unspecified atom stereocenters. The smallest absolute Gasteiger partial charge is 0.310 e. The highest BCUT2D eigenvalue weighted by Crippen LogP contribution is 2.25. The van der Waals surface area contributed by atoms with Gasteiger partial charge in [-0.25, -0.2) is 0 Å². The van der Waals surface area contributed by atoms with Crippen molar-refractivity contribution < 1.29 is 19.1 Å². The molecule has 2 aliphatic rings. The Morgan fingerprint density at radius 1 is 1.00 bits per heavy atom. The minimum Gasteiger partial charge on any atom is -0.466 e. The largest absolute Gasteiger partial charge is 0.466 e. The van der Waals surface area contributed by atoms with Crippen LogP contribution in [0.25, 0.3) is 0 Å². The van der Waals surface area contributed by atoms with E-state index in [1.807, 2.05) is 23.6 Å². The van der Waals surface area contributed by atoms with Crippen molar-refractivity contribution in [2.24, 2.45) is 17.8 Å². The second-order valence-electron chi connectivity index (χ2n) is 7.13. The van der Waals surface area contributed by atoms with Crippen LogP contribution < -0.4 is 0 Å². The zero-order valence-electron chi connectivity index (χ0n) is 15.1. The summed E-state index contributed by atoms with van der Waals surface area (Å²) in [5.41, 5.74) is 0. The van der Waals surface area contributed by atoms with Gasteiger partial charge in [-0.1, -0.05) is 13.8 Å². The predicted molar refractivity (Wildman–Crippen MR) is 90.1 cm³/mol. The molecule has 6 nitrogen and oxygen atoms in total. The highest BCUT2D eigenvalue weighted by molar-refractivity contribution is 5.82. The van der Waals surface area contributed by atoms with E-state index in [4.69, 9.17) is 4.74 Å². The lowest BCUT2D eigenvalue weighted by molar-refractivity contribution is -0.152. The normalized spacial score (nSPS) is 22.6. The monoisotopic (exact) mass is 338 g/mol. The van der Waals surface area contributed by atoms with Gasteiger partial charge < -0.3 is 14.5 Å². The van der Waals surface area contributed by atoms with Crippen molar-refractivity contribution >= 4 is 17.8 Å². The third-order valence-corrected chi connectivity index (χ3v) is 5.00. The molecule has 24 heavy (non-hydrogen) atoms. The number of carbonyl (C=O) groups excluding carboxylic acids is 3. The number of carbonyl (C=O) groups is 3. The fraction of sp³-hybridized carbons (Fsp3) is 0.833. The number of amides is 2. The lowest BCUT2D eigenvalue weighted by atomic mass is 9.92. The molecule has 2 amide bonds. The van der Waals surface area contributed by atoms with E-state index in [0.717, 1.165) is 32.2 Å². The van der Waals surface area contributed by atoms with Gasteiger partial charge in [-0.15, -0.1) is 0 Å². The molecule has 0 radical (unpaired) electrons. The fourth-order valence-corrected chi connectivity index (χ4v) is 3.60. The molecule has 2 aliphatic heterocycles. The molecule has 0 spiro atoms. The van der Waals surface area contributed by atoms with E-state index in [1.54, 1.807) is 6.92 Å². The van der Waals surface area contributed by atoms with Crippen molar-refractivity contribution in [1.82, 2.24) is 9.80 Å². The molecule has 0 saturated carbocycles. The van der Waals surface area contributed by atoms with Crippen LogP contribution in [0.3, 0.4) is 0 Å². The first-order valence-corrected chi connectivity index (χ1v) is 9.18. The number of hydrogen-bond donors (Lipinski definition) is 0. The van der Waals surface area contributed by atoms with Gasteiger partial charge in [0.2, 0.25) is 11.8 Å². The molecule has 1 atom stereocenters. The number of rotatable bonds is 4. The van der Waals surface area contributed by atoms with Crippen LogP contribution in [0.1, 0.15) is 46.5 Å². The first-order valence-electron chi connectivity index (χ1n) is 9.18. The van der Waals surface area contributed by atoms with E-state index in [1.165, 1.54) is 0 Å². The van der Waals surface area contributed by atoms with Gasteiger partial charge in [-0.3, -0.25) is 14.4 Å². The van der Waals surface area contributed by atoms with Crippen LogP contribution in [-0.4, -0.2) is 60.4 Å². The summed E-state index contributed by atoms with van der Waals surface area (Å²) in [4.78, 5) is 40.4. The minimum absolute atomic E-state index is 0.00434. The van der Waals surface area contributed by atoms with Crippen LogP contribution in [0, 0.1) is 17.8 Å². The van der Waals surface area contributed by atoms with Crippen molar-refractivity contribution in [2.75, 3.05) is 32.8 Å². The quantitative estimate of drug-likeness (QED) is 0.732. The standard InChI is InChI=1S/C18H30N2O4/c1-4-24-18(23)15-6-5-9-20(12-15)17(22)14-7-10-19(11-8-14)16(21)13(2)3/h13-15H,4-12H2,1-3H3. The van der Waals surface area contributed by atoms with E-state index in [0.29, 0.717) is 26.2 Å². The summed E-state index contributed by atoms with van der Waals surface area (Å²) in [6, 6.07) is 0. The van der Waals surface area contributed by atoms with Crippen LogP contribution >= 0.6 is 0 Å². The lowest BCUT2D eigenvalue weighted by Crippen LogP contribution is -2.48. The van der Waals surface area contributed by atoms with Crippen LogP contribution in [0.4, 0.5) is 0 Å². The molecule has 2 fully saturated rings. The Morgan fingerprint density at radius 3 is 2.25 bits per heavy atom. The first kappa shape index (κ1) is 18.7. The van der Waals surface area contributed by atoms with Gasteiger partial charge in [0.25, 0.3) is 0 Å². The fourth-order valence-electron chi connectivity index (χ4n) is 3.60. The maximum atomic E-state index is 12.8. The van der Waals surface area contributed by atoms with Crippen molar-refractivity contribution in [3.05, 3.63) is 0 Å². The number of esters is 1. The summed E-state index contributed by atoms with van der Waals surface area (Å²) in [7, 11) is 0. The summed E-state index contributed by atoms with van der Waals surface area (Å²) >= 11 is 0. The number of piperidine rings is 2. The molecule has 0 aromatic rings. The van der Waals surface area contributed by atoms with Crippen LogP contribution in [0.15, 0.2) is 0 Å². The van der Waals surface area contributed by atoms with Crippen molar-refractivity contribution in [1.29, 1.82) is 0 Å². The average Bonchev–Trinajstić information content (AvgIpc) is 2.61. The van der Waals surface area contributed by atoms with Crippen LogP contribution in [-0.2, 0) is 19.1 Å². The highest BCUT2D eigenvalue weighted by atomic mass is 16.5. The molecule has 2 heterocycles. The number of ether oxygens (including phenoxy) is 1. The average molecular weight is 338 g/mol. The molecule has 0 bridgehead atoms. The number of likely N-dealkylation sites (tertiary alicyclic amines) is 2. The maximum absolute atomic E-state index is 12.8.